The predicted molar refractivity (Wildman–Crippen MR) is 106 cm³/mol. The molecule has 0 saturated carbocycles. The lowest BCUT2D eigenvalue weighted by Gasteiger charge is -2.15. The van der Waals surface area contributed by atoms with Gasteiger partial charge in [0, 0.05) is 23.4 Å². The molecule has 0 atom stereocenters. The molecule has 0 spiro atoms. The Hall–Kier alpha value is -2.80. The third-order valence-corrected chi connectivity index (χ3v) is 4.09. The van der Waals surface area contributed by atoms with Gasteiger partial charge < -0.3 is 10.6 Å². The second-order valence-electron chi connectivity index (χ2n) is 6.44. The Balaban J connectivity index is 1.99. The van der Waals surface area contributed by atoms with Crippen molar-refractivity contribution in [3.05, 3.63) is 65.2 Å². The quantitative estimate of drug-likeness (QED) is 0.516. The van der Waals surface area contributed by atoms with Crippen molar-refractivity contribution in [3.8, 4) is 11.3 Å². The molecule has 2 aromatic carbocycles. The Morgan fingerprint density at radius 1 is 0.964 bits per heavy atom. The monoisotopic (exact) mass is 406 g/mol. The number of alkyl halides is 3. The third kappa shape index (κ3) is 4.92. The van der Waals surface area contributed by atoms with Crippen molar-refractivity contribution < 1.29 is 13.2 Å². The van der Waals surface area contributed by atoms with Crippen molar-refractivity contribution in [1.82, 2.24) is 9.97 Å². The topological polar surface area (TPSA) is 49.8 Å². The average molecular weight is 407 g/mol. The zero-order chi connectivity index (χ0) is 20.3. The standard InChI is InChI=1S/C20H18ClF3N4/c1-12(2)25-19-27-17(13-6-4-3-5-7-13)11-18(28-19)26-14-8-9-16(21)15(10-14)20(22,23)24/h3-12H,1-2H3,(H2,25,26,27,28). The number of rotatable bonds is 5. The van der Waals surface area contributed by atoms with Gasteiger partial charge in [-0.15, -0.1) is 0 Å². The van der Waals surface area contributed by atoms with E-state index in [1.54, 1.807) is 6.07 Å². The fraction of sp³-hybridized carbons (Fsp3) is 0.200. The zero-order valence-electron chi connectivity index (χ0n) is 15.2. The number of nitrogens with zero attached hydrogens (tertiary/aromatic N) is 2. The minimum absolute atomic E-state index is 0.0891. The second kappa shape index (κ2) is 8.06. The van der Waals surface area contributed by atoms with Gasteiger partial charge in [0.15, 0.2) is 0 Å². The smallest absolute Gasteiger partial charge is 0.352 e. The molecule has 0 fully saturated rings. The lowest BCUT2D eigenvalue weighted by molar-refractivity contribution is -0.137. The zero-order valence-corrected chi connectivity index (χ0v) is 15.9. The Morgan fingerprint density at radius 2 is 1.68 bits per heavy atom. The first kappa shape index (κ1) is 19.9. The van der Waals surface area contributed by atoms with Gasteiger partial charge in [0.05, 0.1) is 16.3 Å². The Labute approximate surface area is 165 Å². The minimum Gasteiger partial charge on any atom is -0.352 e. The lowest BCUT2D eigenvalue weighted by atomic mass is 10.1. The number of hydrogen-bond acceptors (Lipinski definition) is 4. The molecule has 1 heterocycles. The molecular formula is C20H18ClF3N4. The fourth-order valence-corrected chi connectivity index (χ4v) is 2.78. The van der Waals surface area contributed by atoms with Crippen molar-refractivity contribution in [3.63, 3.8) is 0 Å². The van der Waals surface area contributed by atoms with Crippen molar-refractivity contribution in [2.75, 3.05) is 10.6 Å². The Morgan fingerprint density at radius 3 is 2.32 bits per heavy atom. The highest BCUT2D eigenvalue weighted by Crippen LogP contribution is 2.36. The van der Waals surface area contributed by atoms with Crippen LogP contribution in [0.3, 0.4) is 0 Å². The number of hydrogen-bond donors (Lipinski definition) is 2. The van der Waals surface area contributed by atoms with E-state index in [9.17, 15) is 13.2 Å². The molecule has 0 radical (unpaired) electrons. The number of aromatic nitrogens is 2. The minimum atomic E-state index is -4.54. The largest absolute Gasteiger partial charge is 0.417 e. The molecule has 3 aromatic rings. The van der Waals surface area contributed by atoms with E-state index in [2.05, 4.69) is 20.6 Å². The molecule has 0 unspecified atom stereocenters. The molecule has 4 nitrogen and oxygen atoms in total. The Kier molecular flexibility index (Phi) is 5.74. The van der Waals surface area contributed by atoms with Gasteiger partial charge in [-0.3, -0.25) is 0 Å². The van der Waals surface area contributed by atoms with Gasteiger partial charge in [-0.25, -0.2) is 4.98 Å². The molecule has 1 aromatic heterocycles. The van der Waals surface area contributed by atoms with E-state index in [0.717, 1.165) is 11.6 Å². The SMILES string of the molecule is CC(C)Nc1nc(Nc2ccc(Cl)c(C(F)(F)F)c2)cc(-c2ccccc2)n1. The van der Waals surface area contributed by atoms with Crippen molar-refractivity contribution in [2.45, 2.75) is 26.1 Å². The molecule has 0 bridgehead atoms. The van der Waals surface area contributed by atoms with E-state index >= 15 is 0 Å². The van der Waals surface area contributed by atoms with Crippen molar-refractivity contribution >= 4 is 29.1 Å². The summed E-state index contributed by atoms with van der Waals surface area (Å²) in [6.07, 6.45) is -4.54. The van der Waals surface area contributed by atoms with Gasteiger partial charge >= 0.3 is 6.18 Å². The van der Waals surface area contributed by atoms with Crippen molar-refractivity contribution in [2.24, 2.45) is 0 Å². The first-order valence-electron chi connectivity index (χ1n) is 8.57. The molecule has 0 aliphatic carbocycles. The molecular weight excluding hydrogens is 389 g/mol. The van der Waals surface area contributed by atoms with Crippen LogP contribution in [0.15, 0.2) is 54.6 Å². The normalized spacial score (nSPS) is 11.5. The van der Waals surface area contributed by atoms with Crippen LogP contribution < -0.4 is 10.6 Å². The first-order chi connectivity index (χ1) is 13.2. The van der Waals surface area contributed by atoms with E-state index in [-0.39, 0.29) is 16.8 Å². The van der Waals surface area contributed by atoms with Crippen molar-refractivity contribution in [1.29, 1.82) is 0 Å². The van der Waals surface area contributed by atoms with Gasteiger partial charge in [-0.05, 0) is 32.0 Å². The summed E-state index contributed by atoms with van der Waals surface area (Å²) in [5, 5.41) is 5.69. The summed E-state index contributed by atoms with van der Waals surface area (Å²) in [5.41, 5.74) is 0.833. The molecule has 3 rings (SSSR count). The van der Waals surface area contributed by atoms with E-state index in [4.69, 9.17) is 11.6 Å². The van der Waals surface area contributed by atoms with Crippen LogP contribution in [-0.4, -0.2) is 16.0 Å². The number of anilines is 3. The molecule has 0 aliphatic rings. The molecule has 8 heteroatoms. The summed E-state index contributed by atoms with van der Waals surface area (Å²) in [6, 6.07) is 14.9. The summed E-state index contributed by atoms with van der Waals surface area (Å²) in [4.78, 5) is 8.85. The summed E-state index contributed by atoms with van der Waals surface area (Å²) in [5.74, 6) is 0.747. The maximum absolute atomic E-state index is 13.1. The van der Waals surface area contributed by atoms with E-state index < -0.39 is 11.7 Å². The van der Waals surface area contributed by atoms with Gasteiger partial charge in [-0.2, -0.15) is 18.2 Å². The number of benzene rings is 2. The molecule has 146 valence electrons. The van der Waals surface area contributed by atoms with E-state index in [1.807, 2.05) is 44.2 Å². The number of nitrogens with one attached hydrogen (secondary N) is 2. The van der Waals surface area contributed by atoms with Crippen LogP contribution >= 0.6 is 11.6 Å². The third-order valence-electron chi connectivity index (χ3n) is 3.76. The Bertz CT molecular complexity index is 959. The van der Waals surface area contributed by atoms with Gasteiger partial charge in [0.25, 0.3) is 0 Å². The first-order valence-corrected chi connectivity index (χ1v) is 8.95. The highest BCUT2D eigenvalue weighted by Gasteiger charge is 2.33. The van der Waals surface area contributed by atoms with Crippen LogP contribution in [0.25, 0.3) is 11.3 Å². The summed E-state index contributed by atoms with van der Waals surface area (Å²) in [7, 11) is 0. The summed E-state index contributed by atoms with van der Waals surface area (Å²) < 4.78 is 39.3. The summed E-state index contributed by atoms with van der Waals surface area (Å²) >= 11 is 5.69. The molecule has 0 amide bonds. The predicted octanol–water partition coefficient (Wildman–Crippen LogP) is 6.38. The van der Waals surface area contributed by atoms with Crippen LogP contribution in [0, 0.1) is 0 Å². The van der Waals surface area contributed by atoms with Crippen LogP contribution in [0.4, 0.5) is 30.6 Å². The molecule has 2 N–H and O–H groups in total. The van der Waals surface area contributed by atoms with Gasteiger partial charge in [0.2, 0.25) is 5.95 Å². The highest BCUT2D eigenvalue weighted by atomic mass is 35.5. The fourth-order valence-electron chi connectivity index (χ4n) is 2.56. The van der Waals surface area contributed by atoms with Gasteiger partial charge in [0.1, 0.15) is 5.82 Å². The average Bonchev–Trinajstić information content (AvgIpc) is 2.62. The maximum atomic E-state index is 13.1. The van der Waals surface area contributed by atoms with Gasteiger partial charge in [-0.1, -0.05) is 41.9 Å². The molecule has 28 heavy (non-hydrogen) atoms. The summed E-state index contributed by atoms with van der Waals surface area (Å²) in [6.45, 7) is 3.89. The van der Waals surface area contributed by atoms with Crippen LogP contribution in [0.2, 0.25) is 5.02 Å². The van der Waals surface area contributed by atoms with E-state index in [1.165, 1.54) is 12.1 Å². The second-order valence-corrected chi connectivity index (χ2v) is 6.85. The van der Waals surface area contributed by atoms with E-state index in [0.29, 0.717) is 17.5 Å². The maximum Gasteiger partial charge on any atom is 0.417 e. The molecule has 0 aliphatic heterocycles. The lowest BCUT2D eigenvalue weighted by Crippen LogP contribution is -2.13. The van der Waals surface area contributed by atoms with Crippen LogP contribution in [-0.2, 0) is 6.18 Å². The highest BCUT2D eigenvalue weighted by molar-refractivity contribution is 6.31. The van der Waals surface area contributed by atoms with Crippen LogP contribution in [0.1, 0.15) is 19.4 Å². The van der Waals surface area contributed by atoms with Crippen LogP contribution in [0.5, 0.6) is 0 Å². The number of halogens is 4. The molecule has 0 saturated heterocycles.